The van der Waals surface area contributed by atoms with Gasteiger partial charge in [0.1, 0.15) is 5.75 Å². The van der Waals surface area contributed by atoms with Gasteiger partial charge in [-0.1, -0.05) is 19.1 Å². The predicted octanol–water partition coefficient (Wildman–Crippen LogP) is 3.32. The van der Waals surface area contributed by atoms with Crippen LogP contribution in [0.25, 0.3) is 0 Å². The Morgan fingerprint density at radius 2 is 1.65 bits per heavy atom. The molecule has 0 saturated carbocycles. The highest BCUT2D eigenvalue weighted by atomic mass is 16.6. The summed E-state index contributed by atoms with van der Waals surface area (Å²) in [5.41, 5.74) is -0.553. The first kappa shape index (κ1) is 19.0. The molecular formula is C18H26O5. The van der Waals surface area contributed by atoms with Gasteiger partial charge in [-0.05, 0) is 44.9 Å². The Morgan fingerprint density at radius 1 is 1.09 bits per heavy atom. The minimum atomic E-state index is -1.40. The van der Waals surface area contributed by atoms with Gasteiger partial charge in [-0.15, -0.1) is 0 Å². The van der Waals surface area contributed by atoms with Crippen molar-refractivity contribution in [2.45, 2.75) is 40.0 Å². The van der Waals surface area contributed by atoms with Gasteiger partial charge in [0.05, 0.1) is 20.3 Å². The van der Waals surface area contributed by atoms with Crippen molar-refractivity contribution in [3.63, 3.8) is 0 Å². The maximum atomic E-state index is 12.6. The lowest BCUT2D eigenvalue weighted by atomic mass is 9.72. The SMILES string of the molecule is CCOC(=O)C(C)(C(=O)OCC)C(CC)c1cccc(OC)c1. The summed E-state index contributed by atoms with van der Waals surface area (Å²) in [6.07, 6.45) is 0.585. The summed E-state index contributed by atoms with van der Waals surface area (Å²) in [6, 6.07) is 7.38. The zero-order valence-electron chi connectivity index (χ0n) is 14.5. The van der Waals surface area contributed by atoms with Crippen LogP contribution < -0.4 is 4.74 Å². The first-order valence-corrected chi connectivity index (χ1v) is 7.93. The molecule has 1 unspecified atom stereocenters. The van der Waals surface area contributed by atoms with Crippen LogP contribution in [0.4, 0.5) is 0 Å². The summed E-state index contributed by atoms with van der Waals surface area (Å²) in [5.74, 6) is -0.812. The number of esters is 2. The highest BCUT2D eigenvalue weighted by Gasteiger charge is 2.50. The standard InChI is InChI=1S/C18H26O5/c1-6-15(13-10-9-11-14(12-13)21-5)18(4,16(19)22-7-2)17(20)23-8-3/h9-12,15H,6-8H2,1-5H3. The van der Waals surface area contributed by atoms with Gasteiger partial charge in [0.25, 0.3) is 0 Å². The van der Waals surface area contributed by atoms with Crippen LogP contribution in [-0.4, -0.2) is 32.3 Å². The zero-order valence-corrected chi connectivity index (χ0v) is 14.5. The molecule has 5 nitrogen and oxygen atoms in total. The fourth-order valence-electron chi connectivity index (χ4n) is 2.77. The van der Waals surface area contributed by atoms with Gasteiger partial charge in [-0.3, -0.25) is 9.59 Å². The zero-order chi connectivity index (χ0) is 17.5. The fraction of sp³-hybridized carbons (Fsp3) is 0.556. The molecule has 5 heteroatoms. The Kier molecular flexibility index (Phi) is 7.07. The number of rotatable bonds is 8. The lowest BCUT2D eigenvalue weighted by molar-refractivity contribution is -0.172. The molecule has 1 aromatic rings. The molecule has 0 aromatic heterocycles. The maximum absolute atomic E-state index is 12.6. The van der Waals surface area contributed by atoms with E-state index in [1.807, 2.05) is 31.2 Å². The Morgan fingerprint density at radius 3 is 2.09 bits per heavy atom. The van der Waals surface area contributed by atoms with Crippen molar-refractivity contribution in [1.29, 1.82) is 0 Å². The minimum Gasteiger partial charge on any atom is -0.497 e. The average molecular weight is 322 g/mol. The number of carbonyl (C=O) groups is 2. The second-order valence-corrected chi connectivity index (χ2v) is 5.38. The summed E-state index contributed by atoms with van der Waals surface area (Å²) in [6.45, 7) is 7.38. The van der Waals surface area contributed by atoms with Gasteiger partial charge in [0, 0.05) is 5.92 Å². The number of hydrogen-bond acceptors (Lipinski definition) is 5. The largest absolute Gasteiger partial charge is 0.497 e. The highest BCUT2D eigenvalue weighted by molar-refractivity contribution is 6.00. The van der Waals surface area contributed by atoms with E-state index in [1.54, 1.807) is 27.9 Å². The smallest absolute Gasteiger partial charge is 0.323 e. The van der Waals surface area contributed by atoms with E-state index in [2.05, 4.69) is 0 Å². The molecular weight excluding hydrogens is 296 g/mol. The van der Waals surface area contributed by atoms with Crippen molar-refractivity contribution >= 4 is 11.9 Å². The van der Waals surface area contributed by atoms with E-state index in [0.717, 1.165) is 5.56 Å². The molecule has 0 aliphatic heterocycles. The van der Waals surface area contributed by atoms with Gasteiger partial charge in [0.15, 0.2) is 5.41 Å². The first-order chi connectivity index (χ1) is 10.9. The van der Waals surface area contributed by atoms with E-state index < -0.39 is 17.4 Å². The summed E-state index contributed by atoms with van der Waals surface area (Å²) >= 11 is 0. The molecule has 0 aliphatic carbocycles. The van der Waals surface area contributed by atoms with Crippen molar-refractivity contribution in [3.05, 3.63) is 29.8 Å². The van der Waals surface area contributed by atoms with Crippen LogP contribution in [0, 0.1) is 5.41 Å². The Bertz CT molecular complexity index is 520. The molecule has 128 valence electrons. The van der Waals surface area contributed by atoms with Crippen LogP contribution >= 0.6 is 0 Å². The van der Waals surface area contributed by atoms with Gasteiger partial charge in [-0.25, -0.2) is 0 Å². The molecule has 0 saturated heterocycles. The van der Waals surface area contributed by atoms with Gasteiger partial charge in [0.2, 0.25) is 0 Å². The molecule has 0 spiro atoms. The van der Waals surface area contributed by atoms with Gasteiger partial charge in [-0.2, -0.15) is 0 Å². The normalized spacial score (nSPS) is 12.4. The van der Waals surface area contributed by atoms with Crippen molar-refractivity contribution in [1.82, 2.24) is 0 Å². The number of carbonyl (C=O) groups excluding carboxylic acids is 2. The molecule has 1 rings (SSSR count). The van der Waals surface area contributed by atoms with Crippen LogP contribution in [0.2, 0.25) is 0 Å². The van der Waals surface area contributed by atoms with E-state index in [0.29, 0.717) is 12.2 Å². The topological polar surface area (TPSA) is 61.8 Å². The van der Waals surface area contributed by atoms with Gasteiger partial charge >= 0.3 is 11.9 Å². The van der Waals surface area contributed by atoms with Crippen molar-refractivity contribution in [2.75, 3.05) is 20.3 Å². The molecule has 0 bridgehead atoms. The Labute approximate surface area is 137 Å². The van der Waals surface area contributed by atoms with Gasteiger partial charge < -0.3 is 14.2 Å². The predicted molar refractivity (Wildman–Crippen MR) is 87.4 cm³/mol. The molecule has 0 N–H and O–H groups in total. The fourth-order valence-corrected chi connectivity index (χ4v) is 2.77. The van der Waals surface area contributed by atoms with E-state index in [9.17, 15) is 9.59 Å². The van der Waals surface area contributed by atoms with Crippen LogP contribution in [0.1, 0.15) is 45.6 Å². The Hall–Kier alpha value is -2.04. The summed E-state index contributed by atoms with van der Waals surface area (Å²) in [4.78, 5) is 25.1. The summed E-state index contributed by atoms with van der Waals surface area (Å²) in [5, 5.41) is 0. The Balaban J connectivity index is 3.35. The number of ether oxygens (including phenoxy) is 3. The van der Waals surface area contributed by atoms with E-state index in [4.69, 9.17) is 14.2 Å². The molecule has 0 fully saturated rings. The molecule has 1 atom stereocenters. The van der Waals surface area contributed by atoms with Crippen LogP contribution in [0.15, 0.2) is 24.3 Å². The van der Waals surface area contributed by atoms with Crippen LogP contribution in [0.5, 0.6) is 5.75 Å². The van der Waals surface area contributed by atoms with Crippen molar-refractivity contribution in [2.24, 2.45) is 5.41 Å². The van der Waals surface area contributed by atoms with E-state index in [1.165, 1.54) is 0 Å². The van der Waals surface area contributed by atoms with Crippen LogP contribution in [0.3, 0.4) is 0 Å². The minimum absolute atomic E-state index is 0.211. The lowest BCUT2D eigenvalue weighted by Gasteiger charge is -2.33. The highest BCUT2D eigenvalue weighted by Crippen LogP contribution is 2.41. The molecule has 0 heterocycles. The third-order valence-electron chi connectivity index (χ3n) is 4.00. The second kappa shape index (κ2) is 8.56. The molecule has 0 amide bonds. The third kappa shape index (κ3) is 4.03. The molecule has 0 aliphatic rings. The van der Waals surface area contributed by atoms with E-state index >= 15 is 0 Å². The van der Waals surface area contributed by atoms with Crippen LogP contribution in [-0.2, 0) is 19.1 Å². The number of methoxy groups -OCH3 is 1. The van der Waals surface area contributed by atoms with E-state index in [-0.39, 0.29) is 19.1 Å². The maximum Gasteiger partial charge on any atom is 0.323 e. The molecule has 0 radical (unpaired) electrons. The quantitative estimate of drug-likeness (QED) is 0.543. The molecule has 1 aromatic carbocycles. The first-order valence-electron chi connectivity index (χ1n) is 7.93. The second-order valence-electron chi connectivity index (χ2n) is 5.38. The number of hydrogen-bond donors (Lipinski definition) is 0. The third-order valence-corrected chi connectivity index (χ3v) is 4.00. The summed E-state index contributed by atoms with van der Waals surface area (Å²) in [7, 11) is 1.58. The average Bonchev–Trinajstić information content (AvgIpc) is 2.55. The lowest BCUT2D eigenvalue weighted by Crippen LogP contribution is -2.44. The monoisotopic (exact) mass is 322 g/mol. The van der Waals surface area contributed by atoms with Crippen molar-refractivity contribution in [3.8, 4) is 5.75 Å². The number of benzene rings is 1. The molecule has 23 heavy (non-hydrogen) atoms. The van der Waals surface area contributed by atoms with Crippen molar-refractivity contribution < 1.29 is 23.8 Å². The summed E-state index contributed by atoms with van der Waals surface area (Å²) < 4.78 is 15.6.